The van der Waals surface area contributed by atoms with Crippen molar-refractivity contribution in [1.82, 2.24) is 0 Å². The van der Waals surface area contributed by atoms with Gasteiger partial charge in [-0.25, -0.2) is 0 Å². The van der Waals surface area contributed by atoms with E-state index in [4.69, 9.17) is 17.0 Å². The lowest BCUT2D eigenvalue weighted by atomic mass is 10.1. The Kier molecular flexibility index (Phi) is 3.52. The van der Waals surface area contributed by atoms with Gasteiger partial charge in [0.2, 0.25) is 0 Å². The third-order valence-corrected chi connectivity index (χ3v) is 3.11. The summed E-state index contributed by atoms with van der Waals surface area (Å²) in [6.45, 7) is 0.566. The normalized spacial score (nSPS) is 17.1. The Balaban J connectivity index is 2.38. The van der Waals surface area contributed by atoms with Gasteiger partial charge in [0, 0.05) is 23.7 Å². The van der Waals surface area contributed by atoms with Crippen molar-refractivity contribution in [2.75, 3.05) is 11.4 Å². The Hall–Kier alpha value is -1.23. The van der Waals surface area contributed by atoms with E-state index in [0.717, 1.165) is 25.0 Å². The maximum atomic E-state index is 12.7. The SMILES string of the molecule is N=C1CCCCN1c1cc(Cl)cc(C(F)(F)F)c1. The number of amidine groups is 1. The van der Waals surface area contributed by atoms with Crippen LogP contribution in [0.25, 0.3) is 0 Å². The predicted molar refractivity (Wildman–Crippen MR) is 65.4 cm³/mol. The van der Waals surface area contributed by atoms with E-state index in [0.29, 0.717) is 24.5 Å². The fraction of sp³-hybridized carbons (Fsp3) is 0.417. The number of hydrogen-bond acceptors (Lipinski definition) is 1. The molecule has 98 valence electrons. The molecule has 0 spiro atoms. The summed E-state index contributed by atoms with van der Waals surface area (Å²) in [7, 11) is 0. The number of alkyl halides is 3. The Morgan fingerprint density at radius 2 is 1.89 bits per heavy atom. The van der Waals surface area contributed by atoms with Crippen molar-refractivity contribution >= 4 is 23.1 Å². The molecule has 0 atom stereocenters. The Bertz CT molecular complexity index is 471. The van der Waals surface area contributed by atoms with Gasteiger partial charge in [-0.3, -0.25) is 5.41 Å². The van der Waals surface area contributed by atoms with Gasteiger partial charge in [0.25, 0.3) is 0 Å². The van der Waals surface area contributed by atoms with E-state index in [2.05, 4.69) is 0 Å². The molecule has 0 amide bonds. The molecule has 0 radical (unpaired) electrons. The van der Waals surface area contributed by atoms with E-state index >= 15 is 0 Å². The highest BCUT2D eigenvalue weighted by Crippen LogP contribution is 2.35. The highest BCUT2D eigenvalue weighted by atomic mass is 35.5. The minimum atomic E-state index is -4.42. The lowest BCUT2D eigenvalue weighted by molar-refractivity contribution is -0.137. The number of hydrogen-bond donors (Lipinski definition) is 1. The number of halogens is 4. The maximum Gasteiger partial charge on any atom is 0.416 e. The molecular formula is C12H12ClF3N2. The highest BCUT2D eigenvalue weighted by molar-refractivity contribution is 6.31. The van der Waals surface area contributed by atoms with Gasteiger partial charge in [0.1, 0.15) is 5.84 Å². The molecule has 0 aliphatic carbocycles. The molecule has 0 saturated carbocycles. The quantitative estimate of drug-likeness (QED) is 0.812. The molecule has 0 aromatic heterocycles. The van der Waals surface area contributed by atoms with Crippen LogP contribution in [0.3, 0.4) is 0 Å². The van der Waals surface area contributed by atoms with Crippen molar-refractivity contribution in [3.63, 3.8) is 0 Å². The summed E-state index contributed by atoms with van der Waals surface area (Å²) >= 11 is 5.73. The molecule has 2 nitrogen and oxygen atoms in total. The van der Waals surface area contributed by atoms with E-state index in [1.807, 2.05) is 0 Å². The third-order valence-electron chi connectivity index (χ3n) is 2.89. The van der Waals surface area contributed by atoms with Crippen molar-refractivity contribution < 1.29 is 13.2 Å². The number of nitrogens with one attached hydrogen (secondary N) is 1. The van der Waals surface area contributed by atoms with E-state index in [9.17, 15) is 13.2 Å². The van der Waals surface area contributed by atoms with Crippen LogP contribution in [0.4, 0.5) is 18.9 Å². The lowest BCUT2D eigenvalue weighted by Crippen LogP contribution is -2.34. The molecule has 6 heteroatoms. The number of nitrogens with zero attached hydrogens (tertiary/aromatic N) is 1. The summed E-state index contributed by atoms with van der Waals surface area (Å²) in [6, 6.07) is 3.42. The average molecular weight is 277 g/mol. The molecule has 1 heterocycles. The molecule has 1 aromatic rings. The Labute approximate surface area is 108 Å². The lowest BCUT2D eigenvalue weighted by Gasteiger charge is -2.30. The molecular weight excluding hydrogens is 265 g/mol. The van der Waals surface area contributed by atoms with Crippen molar-refractivity contribution in [3.05, 3.63) is 28.8 Å². The van der Waals surface area contributed by atoms with Crippen molar-refractivity contribution in [3.8, 4) is 0 Å². The van der Waals surface area contributed by atoms with Crippen LogP contribution in [0, 0.1) is 5.41 Å². The summed E-state index contributed by atoms with van der Waals surface area (Å²) in [5.41, 5.74) is -0.428. The van der Waals surface area contributed by atoms with Gasteiger partial charge in [-0.15, -0.1) is 0 Å². The summed E-state index contributed by atoms with van der Waals surface area (Å²) in [6.07, 6.45) is -2.05. The fourth-order valence-corrected chi connectivity index (χ4v) is 2.24. The van der Waals surface area contributed by atoms with Crippen LogP contribution >= 0.6 is 11.6 Å². The van der Waals surface area contributed by atoms with Crippen LogP contribution in [0.1, 0.15) is 24.8 Å². The second-order valence-electron chi connectivity index (χ2n) is 4.25. The average Bonchev–Trinajstić information content (AvgIpc) is 2.27. The van der Waals surface area contributed by atoms with Crippen molar-refractivity contribution in [2.24, 2.45) is 0 Å². The van der Waals surface area contributed by atoms with E-state index in [-0.39, 0.29) is 5.02 Å². The molecule has 1 aromatic carbocycles. The molecule has 1 aliphatic heterocycles. The van der Waals surface area contributed by atoms with Gasteiger partial charge in [0.15, 0.2) is 0 Å². The molecule has 0 bridgehead atoms. The summed E-state index contributed by atoms with van der Waals surface area (Å²) < 4.78 is 38.0. The first-order valence-corrected chi connectivity index (χ1v) is 5.98. The van der Waals surface area contributed by atoms with Crippen molar-refractivity contribution in [2.45, 2.75) is 25.4 Å². The molecule has 1 saturated heterocycles. The van der Waals surface area contributed by atoms with Gasteiger partial charge in [-0.05, 0) is 31.0 Å². The van der Waals surface area contributed by atoms with Gasteiger partial charge >= 0.3 is 6.18 Å². The van der Waals surface area contributed by atoms with Crippen molar-refractivity contribution in [1.29, 1.82) is 5.41 Å². The summed E-state index contributed by atoms with van der Waals surface area (Å²) in [4.78, 5) is 1.59. The van der Waals surface area contributed by atoms with Crippen LogP contribution in [-0.4, -0.2) is 12.4 Å². The topological polar surface area (TPSA) is 27.1 Å². The van der Waals surface area contributed by atoms with E-state index < -0.39 is 11.7 Å². The number of piperidine rings is 1. The molecule has 2 rings (SSSR count). The number of rotatable bonds is 1. The van der Waals surface area contributed by atoms with E-state index in [1.165, 1.54) is 6.07 Å². The van der Waals surface area contributed by atoms with Crippen LogP contribution in [-0.2, 0) is 6.18 Å². The Morgan fingerprint density at radius 3 is 2.50 bits per heavy atom. The number of benzene rings is 1. The monoisotopic (exact) mass is 276 g/mol. The smallest absolute Gasteiger partial charge is 0.330 e. The number of anilines is 1. The molecule has 1 aliphatic rings. The zero-order valence-corrected chi connectivity index (χ0v) is 10.3. The van der Waals surface area contributed by atoms with Gasteiger partial charge in [0.05, 0.1) is 5.56 Å². The van der Waals surface area contributed by atoms with Crippen LogP contribution in [0.2, 0.25) is 5.02 Å². The first-order chi connectivity index (χ1) is 8.38. The first-order valence-electron chi connectivity index (χ1n) is 5.60. The summed E-state index contributed by atoms with van der Waals surface area (Å²) in [5, 5.41) is 7.82. The van der Waals surface area contributed by atoms with Crippen LogP contribution in [0.5, 0.6) is 0 Å². The minimum absolute atomic E-state index is 0.0400. The Morgan fingerprint density at radius 1 is 1.17 bits per heavy atom. The molecule has 1 fully saturated rings. The van der Waals surface area contributed by atoms with E-state index in [1.54, 1.807) is 4.90 Å². The van der Waals surface area contributed by atoms with Gasteiger partial charge < -0.3 is 4.90 Å². The maximum absolute atomic E-state index is 12.7. The zero-order valence-electron chi connectivity index (χ0n) is 9.52. The summed E-state index contributed by atoms with van der Waals surface area (Å²) in [5.74, 6) is 0.344. The predicted octanol–water partition coefficient (Wildman–Crippen LogP) is 4.33. The second-order valence-corrected chi connectivity index (χ2v) is 4.69. The minimum Gasteiger partial charge on any atom is -0.330 e. The zero-order chi connectivity index (χ0) is 13.3. The first kappa shape index (κ1) is 13.2. The molecule has 0 unspecified atom stereocenters. The highest BCUT2D eigenvalue weighted by Gasteiger charge is 2.32. The molecule has 18 heavy (non-hydrogen) atoms. The second kappa shape index (κ2) is 4.80. The largest absolute Gasteiger partial charge is 0.416 e. The fourth-order valence-electron chi connectivity index (χ4n) is 2.01. The standard InChI is InChI=1S/C12H12ClF3N2/c13-9-5-8(12(14,15)16)6-10(7-9)18-4-2-1-3-11(18)17/h5-7,17H,1-4H2. The molecule has 1 N–H and O–H groups in total. The third kappa shape index (κ3) is 2.77. The van der Waals surface area contributed by atoms with Crippen LogP contribution in [0.15, 0.2) is 18.2 Å². The van der Waals surface area contributed by atoms with Crippen LogP contribution < -0.4 is 4.90 Å². The van der Waals surface area contributed by atoms with Gasteiger partial charge in [-0.1, -0.05) is 11.6 Å². The van der Waals surface area contributed by atoms with Gasteiger partial charge in [-0.2, -0.15) is 13.2 Å².